The van der Waals surface area contributed by atoms with Crippen LogP contribution < -0.4 is 4.74 Å². The van der Waals surface area contributed by atoms with Crippen molar-refractivity contribution in [2.75, 3.05) is 6.61 Å². The molecule has 4 heteroatoms. The number of ether oxygens (including phenoxy) is 3. The van der Waals surface area contributed by atoms with Gasteiger partial charge in [0.1, 0.15) is 18.6 Å². The Morgan fingerprint density at radius 3 is 1.79 bits per heavy atom. The van der Waals surface area contributed by atoms with Crippen LogP contribution in [0.15, 0.2) is 28.6 Å². The van der Waals surface area contributed by atoms with Gasteiger partial charge in [0, 0.05) is 18.3 Å². The van der Waals surface area contributed by atoms with E-state index in [1.807, 2.05) is 81.4 Å². The summed E-state index contributed by atoms with van der Waals surface area (Å²) in [6.45, 7) is 20.2. The highest BCUT2D eigenvalue weighted by Gasteiger charge is 2.27. The molecule has 1 aliphatic heterocycles. The molecule has 0 radical (unpaired) electrons. The fourth-order valence-corrected chi connectivity index (χ4v) is 2.01. The Morgan fingerprint density at radius 1 is 0.958 bits per heavy atom. The van der Waals surface area contributed by atoms with E-state index in [0.717, 1.165) is 21.3 Å². The number of halogens is 1. The summed E-state index contributed by atoms with van der Waals surface area (Å²) in [4.78, 5) is 0. The molecule has 1 aromatic carbocycles. The molecule has 0 atom stereocenters. The molecule has 140 valence electrons. The van der Waals surface area contributed by atoms with Gasteiger partial charge in [-0.1, -0.05) is 57.5 Å². The number of hydrogen-bond donors (Lipinski definition) is 0. The van der Waals surface area contributed by atoms with Crippen molar-refractivity contribution >= 4 is 15.9 Å². The Labute approximate surface area is 157 Å². The summed E-state index contributed by atoms with van der Waals surface area (Å²) in [5, 5.41) is 0. The maximum Gasteiger partial charge on any atom is 0.244 e. The Hall–Kier alpha value is -1.16. The predicted molar refractivity (Wildman–Crippen MR) is 107 cm³/mol. The van der Waals surface area contributed by atoms with Gasteiger partial charge in [-0.25, -0.2) is 0 Å². The summed E-state index contributed by atoms with van der Waals surface area (Å²) in [5.41, 5.74) is 2.31. The van der Waals surface area contributed by atoms with Gasteiger partial charge < -0.3 is 14.2 Å². The van der Waals surface area contributed by atoms with Crippen molar-refractivity contribution in [3.63, 3.8) is 0 Å². The van der Waals surface area contributed by atoms with Crippen molar-refractivity contribution in [3.8, 4) is 5.75 Å². The van der Waals surface area contributed by atoms with E-state index < -0.39 is 5.79 Å². The largest absolute Gasteiger partial charge is 0.486 e. The maximum absolute atomic E-state index is 5.71. The van der Waals surface area contributed by atoms with Crippen LogP contribution in [0.3, 0.4) is 0 Å². The molecule has 0 spiro atoms. The lowest BCUT2D eigenvalue weighted by molar-refractivity contribution is -0.119. The third kappa shape index (κ3) is 8.62. The summed E-state index contributed by atoms with van der Waals surface area (Å²) in [6, 6.07) is 4.00. The van der Waals surface area contributed by atoms with Crippen LogP contribution in [0.4, 0.5) is 0 Å². The molecule has 0 aromatic heterocycles. The number of rotatable bonds is 3. The lowest BCUT2D eigenvalue weighted by atomic mass is 10.1. The van der Waals surface area contributed by atoms with Crippen LogP contribution in [-0.2, 0) is 9.47 Å². The number of hydrogen-bond acceptors (Lipinski definition) is 3. The molecule has 0 amide bonds. The molecule has 0 N–H and O–H groups in total. The molecule has 0 saturated heterocycles. The second-order valence-corrected chi connectivity index (χ2v) is 5.66. The lowest BCUT2D eigenvalue weighted by Crippen LogP contribution is -2.21. The van der Waals surface area contributed by atoms with Crippen LogP contribution in [0.2, 0.25) is 0 Å². The first-order valence-electron chi connectivity index (χ1n) is 8.83. The predicted octanol–water partition coefficient (Wildman–Crippen LogP) is 7.15. The zero-order chi connectivity index (χ0) is 19.3. The summed E-state index contributed by atoms with van der Waals surface area (Å²) >= 11 is 3.53. The molecule has 0 bridgehead atoms. The van der Waals surface area contributed by atoms with Crippen molar-refractivity contribution in [1.82, 2.24) is 0 Å². The monoisotopic (exact) mass is 402 g/mol. The normalized spacial score (nSPS) is 13.4. The van der Waals surface area contributed by atoms with Crippen molar-refractivity contribution in [3.05, 3.63) is 39.8 Å². The Kier molecular flexibility index (Phi) is 13.8. The molecule has 0 unspecified atom stereocenters. The maximum atomic E-state index is 5.71. The third-order valence-corrected chi connectivity index (χ3v) is 3.89. The molecular weight excluding hydrogens is 368 g/mol. The molecule has 1 heterocycles. The van der Waals surface area contributed by atoms with E-state index in [9.17, 15) is 0 Å². The van der Waals surface area contributed by atoms with Crippen LogP contribution in [0, 0.1) is 13.8 Å². The molecule has 1 aromatic rings. The van der Waals surface area contributed by atoms with Crippen LogP contribution >= 0.6 is 15.9 Å². The number of aryl methyl sites for hydroxylation is 2. The van der Waals surface area contributed by atoms with Crippen molar-refractivity contribution in [1.29, 1.82) is 0 Å². The fourth-order valence-electron chi connectivity index (χ4n) is 1.78. The Balaban J connectivity index is 0. The van der Waals surface area contributed by atoms with Gasteiger partial charge in [0.05, 0.1) is 0 Å². The Morgan fingerprint density at radius 2 is 1.42 bits per heavy atom. The lowest BCUT2D eigenvalue weighted by Gasteiger charge is -2.18. The van der Waals surface area contributed by atoms with E-state index >= 15 is 0 Å². The molecule has 0 fully saturated rings. The molecule has 0 saturated carbocycles. The van der Waals surface area contributed by atoms with Gasteiger partial charge in [-0.15, -0.1) is 0 Å². The van der Waals surface area contributed by atoms with Crippen LogP contribution in [-0.4, -0.2) is 12.4 Å². The van der Waals surface area contributed by atoms with E-state index in [-0.39, 0.29) is 0 Å². The van der Waals surface area contributed by atoms with E-state index in [1.54, 1.807) is 6.26 Å². The highest BCUT2D eigenvalue weighted by Crippen LogP contribution is 2.28. The average molecular weight is 403 g/mol. The van der Waals surface area contributed by atoms with E-state index in [4.69, 9.17) is 14.2 Å². The van der Waals surface area contributed by atoms with Gasteiger partial charge in [-0.3, -0.25) is 0 Å². The molecule has 24 heavy (non-hydrogen) atoms. The molecule has 0 aliphatic carbocycles. The average Bonchev–Trinajstić information content (AvgIpc) is 2.95. The summed E-state index contributed by atoms with van der Waals surface area (Å²) in [7, 11) is 0. The first kappa shape index (κ1) is 25.1. The van der Waals surface area contributed by atoms with Crippen molar-refractivity contribution < 1.29 is 14.2 Å². The first-order valence-corrected chi connectivity index (χ1v) is 9.62. The summed E-state index contributed by atoms with van der Waals surface area (Å²) < 4.78 is 17.7. The van der Waals surface area contributed by atoms with Crippen LogP contribution in [0.5, 0.6) is 5.75 Å². The second-order valence-electron chi connectivity index (χ2n) is 4.86. The van der Waals surface area contributed by atoms with E-state index in [2.05, 4.69) is 15.9 Å². The smallest absolute Gasteiger partial charge is 0.244 e. The summed E-state index contributed by atoms with van der Waals surface area (Å²) in [6.07, 6.45) is 1.61. The van der Waals surface area contributed by atoms with Gasteiger partial charge in [-0.2, -0.15) is 0 Å². The van der Waals surface area contributed by atoms with Gasteiger partial charge in [-0.05, 0) is 37.1 Å². The van der Waals surface area contributed by atoms with Gasteiger partial charge in [0.15, 0.2) is 5.76 Å². The van der Waals surface area contributed by atoms with Gasteiger partial charge in [0.2, 0.25) is 5.79 Å². The van der Waals surface area contributed by atoms with Crippen LogP contribution in [0.1, 0.15) is 66.5 Å². The minimum Gasteiger partial charge on any atom is -0.486 e. The quantitative estimate of drug-likeness (QED) is 0.536. The Bertz CT molecular complexity index is 471. The van der Waals surface area contributed by atoms with Crippen molar-refractivity contribution in [2.24, 2.45) is 0 Å². The third-order valence-electron chi connectivity index (χ3n) is 2.64. The molecule has 3 nitrogen and oxygen atoms in total. The second kappa shape index (κ2) is 13.2. The number of benzene rings is 1. The topological polar surface area (TPSA) is 27.7 Å². The minimum atomic E-state index is -0.579. The zero-order valence-corrected chi connectivity index (χ0v) is 18.6. The zero-order valence-electron chi connectivity index (χ0n) is 17.0. The van der Waals surface area contributed by atoms with E-state index in [1.165, 1.54) is 0 Å². The van der Waals surface area contributed by atoms with Crippen molar-refractivity contribution in [2.45, 2.75) is 75.0 Å². The molecule has 1 aliphatic rings. The SMILES string of the molecule is CC.CC.CC.Cc1cc(OCC2=COC(C)(C)O2)cc(C)c1Br. The highest BCUT2D eigenvalue weighted by atomic mass is 79.9. The van der Waals surface area contributed by atoms with Gasteiger partial charge in [0.25, 0.3) is 0 Å². The van der Waals surface area contributed by atoms with Gasteiger partial charge >= 0.3 is 0 Å². The first-order chi connectivity index (χ1) is 11.4. The highest BCUT2D eigenvalue weighted by molar-refractivity contribution is 9.10. The summed E-state index contributed by atoms with van der Waals surface area (Å²) in [5.74, 6) is 0.963. The molecule has 2 rings (SSSR count). The fraction of sp³-hybridized carbons (Fsp3) is 0.600. The molecular formula is C20H35BrO3. The van der Waals surface area contributed by atoms with E-state index in [0.29, 0.717) is 12.4 Å². The minimum absolute atomic E-state index is 0.379. The van der Waals surface area contributed by atoms with Crippen LogP contribution in [0.25, 0.3) is 0 Å². The standard InChI is InChI=1S/C14H17BrO3.3C2H6/c1-9-5-11(6-10(2)13(9)15)16-7-12-8-17-14(3,4)18-12;3*1-2/h5-6,8H,7H2,1-4H3;3*1-2H3.